The van der Waals surface area contributed by atoms with Crippen LogP contribution in [0, 0.1) is 23.7 Å². The van der Waals surface area contributed by atoms with E-state index in [2.05, 4.69) is 88.7 Å². The zero-order valence-corrected chi connectivity index (χ0v) is 15.8. The summed E-state index contributed by atoms with van der Waals surface area (Å²) < 4.78 is 2.62. The maximum atomic E-state index is 2.62. The predicted molar refractivity (Wildman–Crippen MR) is 101 cm³/mol. The molecule has 0 fully saturated rings. The van der Waals surface area contributed by atoms with Gasteiger partial charge in [-0.15, -0.1) is 0 Å². The first-order valence-electron chi connectivity index (χ1n) is 9.24. The van der Waals surface area contributed by atoms with Gasteiger partial charge in [0, 0.05) is 23.5 Å². The lowest BCUT2D eigenvalue weighted by Gasteiger charge is -2.31. The minimum Gasteiger partial charge on any atom is -0.228 e. The highest BCUT2D eigenvalue weighted by Crippen LogP contribution is 2.31. The molecule has 1 aliphatic heterocycles. The average molecular weight is 313 g/mol. The Morgan fingerprint density at radius 3 is 2.13 bits per heavy atom. The Morgan fingerprint density at radius 1 is 0.957 bits per heavy atom. The summed E-state index contributed by atoms with van der Waals surface area (Å²) in [5.74, 6) is 2.64. The van der Waals surface area contributed by atoms with Crippen molar-refractivity contribution in [3.05, 3.63) is 47.5 Å². The highest BCUT2D eigenvalue weighted by molar-refractivity contribution is 5.75. The van der Waals surface area contributed by atoms with Crippen LogP contribution in [0.15, 0.2) is 42.0 Å². The van der Waals surface area contributed by atoms with E-state index in [9.17, 15) is 0 Å². The minimum absolute atomic E-state index is 0.592. The molecule has 0 amide bonds. The molecule has 126 valence electrons. The van der Waals surface area contributed by atoms with E-state index >= 15 is 0 Å². The number of hydrogen-bond acceptors (Lipinski definition) is 0. The minimum atomic E-state index is 0.592. The van der Waals surface area contributed by atoms with E-state index in [1.54, 1.807) is 0 Å². The van der Waals surface area contributed by atoms with Gasteiger partial charge in [0.05, 0.1) is 0 Å². The first-order valence-corrected chi connectivity index (χ1v) is 9.24. The van der Waals surface area contributed by atoms with Crippen LogP contribution in [-0.4, -0.2) is 16.8 Å². The van der Waals surface area contributed by atoms with Crippen LogP contribution in [-0.2, 0) is 6.54 Å². The van der Waals surface area contributed by atoms with Crippen molar-refractivity contribution in [2.24, 2.45) is 23.7 Å². The molecule has 0 aromatic heterocycles. The van der Waals surface area contributed by atoms with E-state index in [0.29, 0.717) is 23.8 Å². The van der Waals surface area contributed by atoms with E-state index < -0.39 is 0 Å². The first-order chi connectivity index (χ1) is 10.9. The van der Waals surface area contributed by atoms with Gasteiger partial charge in [-0.2, -0.15) is 0 Å². The summed E-state index contributed by atoms with van der Waals surface area (Å²) in [5, 5.41) is 0. The smallest absolute Gasteiger partial charge is 0.168 e. The second kappa shape index (κ2) is 7.95. The summed E-state index contributed by atoms with van der Waals surface area (Å²) in [5.41, 5.74) is 2.91. The molecule has 1 nitrogen and oxygen atoms in total. The van der Waals surface area contributed by atoms with Gasteiger partial charge in [0.25, 0.3) is 0 Å². The van der Waals surface area contributed by atoms with Gasteiger partial charge in [-0.3, -0.25) is 0 Å². The van der Waals surface area contributed by atoms with Crippen LogP contribution in [0.2, 0.25) is 0 Å². The average Bonchev–Trinajstić information content (AvgIpc) is 2.48. The number of benzene rings is 1. The fraction of sp³-hybridized carbons (Fsp3) is 0.591. The molecule has 1 heteroatoms. The summed E-state index contributed by atoms with van der Waals surface area (Å²) in [7, 11) is 0. The normalized spacial score (nSPS) is 21.8. The van der Waals surface area contributed by atoms with Crippen LogP contribution in [0.1, 0.15) is 53.5 Å². The van der Waals surface area contributed by atoms with Crippen LogP contribution in [0.25, 0.3) is 0 Å². The number of hydrogen-bond donors (Lipinski definition) is 0. The lowest BCUT2D eigenvalue weighted by atomic mass is 9.79. The Morgan fingerprint density at radius 2 is 1.61 bits per heavy atom. The Hall–Kier alpha value is -1.37. The third-order valence-electron chi connectivity index (χ3n) is 4.93. The molecule has 1 aromatic rings. The van der Waals surface area contributed by atoms with Gasteiger partial charge in [-0.25, -0.2) is 4.58 Å². The second-order valence-corrected chi connectivity index (χ2v) is 8.13. The number of rotatable bonds is 6. The van der Waals surface area contributed by atoms with Crippen molar-refractivity contribution >= 4 is 6.21 Å². The fourth-order valence-electron chi connectivity index (χ4n) is 3.60. The van der Waals surface area contributed by atoms with Crippen LogP contribution in [0.4, 0.5) is 0 Å². The molecule has 0 saturated carbocycles. The van der Waals surface area contributed by atoms with Crippen LogP contribution < -0.4 is 0 Å². The largest absolute Gasteiger partial charge is 0.228 e. The molecule has 0 radical (unpaired) electrons. The topological polar surface area (TPSA) is 3.01 Å². The third kappa shape index (κ3) is 4.80. The molecule has 23 heavy (non-hydrogen) atoms. The number of nitrogens with zero attached hydrogens (tertiary/aromatic N) is 1. The van der Waals surface area contributed by atoms with Gasteiger partial charge in [-0.1, -0.05) is 78.0 Å². The van der Waals surface area contributed by atoms with Crippen molar-refractivity contribution in [1.29, 1.82) is 0 Å². The summed E-state index contributed by atoms with van der Waals surface area (Å²) in [4.78, 5) is 0. The molecule has 2 atom stereocenters. The van der Waals surface area contributed by atoms with Gasteiger partial charge in [0.15, 0.2) is 18.8 Å². The second-order valence-electron chi connectivity index (χ2n) is 8.13. The van der Waals surface area contributed by atoms with E-state index in [1.165, 1.54) is 17.6 Å². The van der Waals surface area contributed by atoms with Gasteiger partial charge >= 0.3 is 0 Å². The molecule has 0 N–H and O–H groups in total. The molecular formula is C22H34N+. The fourth-order valence-corrected chi connectivity index (χ4v) is 3.60. The van der Waals surface area contributed by atoms with Gasteiger partial charge in [0.1, 0.15) is 0 Å². The molecule has 0 spiro atoms. The zero-order valence-electron chi connectivity index (χ0n) is 15.8. The monoisotopic (exact) mass is 312 g/mol. The SMILES string of the molecule is CC(C)C[C@@H]1[C@@H](C(C)C)C=C(C(C)C)C=[N+]1Cc1ccccc1. The van der Waals surface area contributed by atoms with Crippen molar-refractivity contribution in [1.82, 2.24) is 0 Å². The predicted octanol–water partition coefficient (Wildman–Crippen LogP) is 5.55. The molecule has 0 bridgehead atoms. The molecule has 1 heterocycles. The van der Waals surface area contributed by atoms with E-state index in [4.69, 9.17) is 0 Å². The van der Waals surface area contributed by atoms with Crippen molar-refractivity contribution in [3.63, 3.8) is 0 Å². The molecule has 2 rings (SSSR count). The Bertz CT molecular complexity index is 549. The standard InChI is InChI=1S/C22H34N/c1-16(2)12-22-21(18(5)6)13-20(17(3)4)15-23(22)14-19-10-8-7-9-11-19/h7-11,13,15-18,21-22H,12,14H2,1-6H3/q+1/t21-,22-/m1/s1. The van der Waals surface area contributed by atoms with Crippen molar-refractivity contribution in [2.75, 3.05) is 0 Å². The molecule has 1 aliphatic rings. The summed E-state index contributed by atoms with van der Waals surface area (Å²) in [6.45, 7) is 15.1. The Kier molecular flexibility index (Phi) is 6.21. The summed E-state index contributed by atoms with van der Waals surface area (Å²) >= 11 is 0. The lowest BCUT2D eigenvalue weighted by molar-refractivity contribution is -0.588. The molecule has 0 saturated heterocycles. The van der Waals surface area contributed by atoms with Gasteiger partial charge in [0.2, 0.25) is 0 Å². The van der Waals surface area contributed by atoms with Crippen molar-refractivity contribution in [2.45, 2.75) is 60.5 Å². The maximum Gasteiger partial charge on any atom is 0.168 e. The van der Waals surface area contributed by atoms with Crippen molar-refractivity contribution < 1.29 is 4.58 Å². The van der Waals surface area contributed by atoms with Gasteiger partial charge in [-0.05, 0) is 17.8 Å². The Labute approximate surface area is 143 Å². The molecule has 0 aliphatic carbocycles. The molecule has 1 aromatic carbocycles. The van der Waals surface area contributed by atoms with Crippen LogP contribution in [0.5, 0.6) is 0 Å². The quantitative estimate of drug-likeness (QED) is 0.606. The number of allylic oxidation sites excluding steroid dienone is 1. The van der Waals surface area contributed by atoms with Crippen LogP contribution >= 0.6 is 0 Å². The van der Waals surface area contributed by atoms with E-state index in [1.807, 2.05) is 0 Å². The van der Waals surface area contributed by atoms with Gasteiger partial charge < -0.3 is 0 Å². The summed E-state index contributed by atoms with van der Waals surface area (Å²) in [6, 6.07) is 11.5. The van der Waals surface area contributed by atoms with Crippen LogP contribution in [0.3, 0.4) is 0 Å². The summed E-state index contributed by atoms with van der Waals surface area (Å²) in [6.07, 6.45) is 6.25. The maximum absolute atomic E-state index is 2.62. The zero-order chi connectivity index (χ0) is 17.0. The molecular weight excluding hydrogens is 278 g/mol. The lowest BCUT2D eigenvalue weighted by Crippen LogP contribution is -2.40. The van der Waals surface area contributed by atoms with Crippen molar-refractivity contribution in [3.8, 4) is 0 Å². The highest BCUT2D eigenvalue weighted by atomic mass is 15.0. The Balaban J connectivity index is 2.36. The highest BCUT2D eigenvalue weighted by Gasteiger charge is 2.36. The van der Waals surface area contributed by atoms with E-state index in [-0.39, 0.29) is 0 Å². The van der Waals surface area contributed by atoms with E-state index in [0.717, 1.165) is 12.5 Å². The molecule has 0 unspecified atom stereocenters. The third-order valence-corrected chi connectivity index (χ3v) is 4.93. The first kappa shape index (κ1) is 18.0.